The van der Waals surface area contributed by atoms with E-state index in [2.05, 4.69) is 15.6 Å². The number of benzene rings is 1. The molecule has 5 N–H and O–H groups in total. The number of anilines is 1. The van der Waals surface area contributed by atoms with E-state index in [0.29, 0.717) is 31.8 Å². The fourth-order valence-corrected chi connectivity index (χ4v) is 3.87. The number of alkyl carbamates (subject to hydrolysis) is 1. The fourth-order valence-electron chi connectivity index (χ4n) is 3.87. The van der Waals surface area contributed by atoms with E-state index >= 15 is 0 Å². The molecule has 10 nitrogen and oxygen atoms in total. The third kappa shape index (κ3) is 9.12. The number of carboxylic acid groups (broad SMARTS) is 1. The Kier molecular flexibility index (Phi) is 9.94. The molecule has 194 valence electrons. The molecule has 0 bridgehead atoms. The Bertz CT molecular complexity index is 975. The molecule has 1 aromatic carbocycles. The number of amides is 1. The van der Waals surface area contributed by atoms with Gasteiger partial charge in [0, 0.05) is 31.5 Å². The van der Waals surface area contributed by atoms with Gasteiger partial charge in [0.05, 0.1) is 7.11 Å². The number of methoxy groups -OCH3 is 1. The number of nitrogens with zero attached hydrogens (tertiary/aromatic N) is 2. The molecular weight excluding hydrogens is 450 g/mol. The molecule has 0 fully saturated rings. The normalized spacial score (nSPS) is 13.2. The van der Waals surface area contributed by atoms with Gasteiger partial charge in [-0.25, -0.2) is 9.78 Å². The molecule has 1 aromatic heterocycles. The average Bonchev–Trinajstić information content (AvgIpc) is 3.15. The van der Waals surface area contributed by atoms with Gasteiger partial charge in [-0.2, -0.15) is 0 Å². The number of carboxylic acids is 1. The fraction of sp³-hybridized carbons (Fsp3) is 0.560. The van der Waals surface area contributed by atoms with Crippen molar-refractivity contribution >= 4 is 18.0 Å². The molecule has 0 spiro atoms. The van der Waals surface area contributed by atoms with E-state index in [4.69, 9.17) is 15.2 Å². The van der Waals surface area contributed by atoms with Gasteiger partial charge in [-0.1, -0.05) is 0 Å². The van der Waals surface area contributed by atoms with Crippen LogP contribution in [0.4, 0.5) is 10.7 Å². The first kappa shape index (κ1) is 28.0. The zero-order valence-electron chi connectivity index (χ0n) is 21.6. The zero-order chi connectivity index (χ0) is 26.2. The van der Waals surface area contributed by atoms with E-state index in [-0.39, 0.29) is 12.6 Å². The first-order valence-electron chi connectivity index (χ1n) is 11.8. The van der Waals surface area contributed by atoms with E-state index in [0.717, 1.165) is 22.4 Å². The molecule has 0 aliphatic carbocycles. The van der Waals surface area contributed by atoms with E-state index in [1.807, 2.05) is 30.5 Å². The molecule has 1 heterocycles. The largest absolute Gasteiger partial charge is 0.497 e. The van der Waals surface area contributed by atoms with E-state index < -0.39 is 23.7 Å². The van der Waals surface area contributed by atoms with Crippen molar-refractivity contribution in [2.75, 3.05) is 19.4 Å². The lowest BCUT2D eigenvalue weighted by Gasteiger charge is -2.25. The van der Waals surface area contributed by atoms with Gasteiger partial charge in [0.2, 0.25) is 0 Å². The highest BCUT2D eigenvalue weighted by atomic mass is 16.6. The Morgan fingerprint density at radius 2 is 1.89 bits per heavy atom. The summed E-state index contributed by atoms with van der Waals surface area (Å²) in [5.41, 5.74) is 8.09. The topological polar surface area (TPSA) is 141 Å². The van der Waals surface area contributed by atoms with Crippen LogP contribution in [0.1, 0.15) is 50.3 Å². The maximum atomic E-state index is 12.4. The van der Waals surface area contributed by atoms with E-state index in [9.17, 15) is 14.7 Å². The minimum Gasteiger partial charge on any atom is -0.497 e. The second kappa shape index (κ2) is 12.4. The molecule has 0 saturated heterocycles. The number of aliphatic carboxylic acids is 1. The molecule has 0 saturated carbocycles. The SMILES string of the molecule is COc1cc(C)c(C[C@H](NC[C@@H](CCCn2ccnc2N)NC(=O)OC(C)(C)C)C(=O)O)c(C)c1. The summed E-state index contributed by atoms with van der Waals surface area (Å²) in [4.78, 5) is 28.5. The lowest BCUT2D eigenvalue weighted by molar-refractivity contribution is -0.139. The Morgan fingerprint density at radius 3 is 2.40 bits per heavy atom. The van der Waals surface area contributed by atoms with Crippen LogP contribution in [0, 0.1) is 13.8 Å². The number of nitrogens with one attached hydrogen (secondary N) is 2. The number of rotatable bonds is 12. The second-order valence-electron chi connectivity index (χ2n) is 9.71. The molecule has 2 aromatic rings. The standard InChI is InChI=1S/C25H39N5O5/c1-16-12-19(34-6)13-17(2)20(16)14-21(22(31)32)28-15-18(29-24(33)35-25(3,4)5)8-7-10-30-11-9-27-23(30)26/h9,11-13,18,21,28H,7-8,10,14-15H2,1-6H3,(H2,26,27)(H,29,33)(H,31,32)/t18-,21+/m1/s1. The Balaban J connectivity index is 2.07. The van der Waals surface area contributed by atoms with E-state index in [1.165, 1.54) is 0 Å². The molecular formula is C25H39N5O5. The van der Waals surface area contributed by atoms with Gasteiger partial charge < -0.3 is 35.5 Å². The molecule has 35 heavy (non-hydrogen) atoms. The first-order valence-corrected chi connectivity index (χ1v) is 11.8. The summed E-state index contributed by atoms with van der Waals surface area (Å²) < 4.78 is 12.5. The van der Waals surface area contributed by atoms with Crippen molar-refractivity contribution in [2.45, 2.75) is 78.1 Å². The number of hydrogen-bond acceptors (Lipinski definition) is 7. The predicted molar refractivity (Wildman–Crippen MR) is 135 cm³/mol. The summed E-state index contributed by atoms with van der Waals surface area (Å²) in [6, 6.07) is 2.63. The molecule has 0 unspecified atom stereocenters. The highest BCUT2D eigenvalue weighted by molar-refractivity contribution is 5.74. The molecule has 0 aliphatic rings. The summed E-state index contributed by atoms with van der Waals surface area (Å²) in [5.74, 6) is 0.210. The van der Waals surface area contributed by atoms with Crippen LogP contribution in [-0.4, -0.2) is 58.1 Å². The van der Waals surface area contributed by atoms with Crippen molar-refractivity contribution in [1.29, 1.82) is 0 Å². The van der Waals surface area contributed by atoms with Gasteiger partial charge in [0.25, 0.3) is 0 Å². The highest BCUT2D eigenvalue weighted by Gasteiger charge is 2.24. The van der Waals surface area contributed by atoms with Crippen LogP contribution in [0.3, 0.4) is 0 Å². The quantitative estimate of drug-likeness (QED) is 0.357. The maximum absolute atomic E-state index is 12.4. The number of hydrogen-bond donors (Lipinski definition) is 4. The van der Waals surface area contributed by atoms with Crippen LogP contribution < -0.4 is 21.1 Å². The minimum atomic E-state index is -0.957. The van der Waals surface area contributed by atoms with Gasteiger partial charge in [-0.15, -0.1) is 0 Å². The third-order valence-corrected chi connectivity index (χ3v) is 5.64. The number of nitrogens with two attached hydrogens (primary N) is 1. The third-order valence-electron chi connectivity index (χ3n) is 5.64. The summed E-state index contributed by atoms with van der Waals surface area (Å²) in [6.45, 7) is 10.2. The van der Waals surface area contributed by atoms with Crippen molar-refractivity contribution in [3.05, 3.63) is 41.2 Å². The zero-order valence-corrected chi connectivity index (χ0v) is 21.6. The van der Waals surface area contributed by atoms with Crippen LogP contribution in [-0.2, 0) is 22.5 Å². The summed E-state index contributed by atoms with van der Waals surface area (Å²) in [6.07, 6.45) is 4.49. The smallest absolute Gasteiger partial charge is 0.407 e. The minimum absolute atomic E-state index is 0.268. The van der Waals surface area contributed by atoms with Gasteiger partial charge in [0.15, 0.2) is 5.95 Å². The Hall–Kier alpha value is -3.27. The summed E-state index contributed by atoms with van der Waals surface area (Å²) >= 11 is 0. The number of carbonyl (C=O) groups is 2. The number of imidazole rings is 1. The number of nitrogen functional groups attached to an aromatic ring is 1. The van der Waals surface area contributed by atoms with Gasteiger partial charge in [0.1, 0.15) is 17.4 Å². The van der Waals surface area contributed by atoms with Crippen molar-refractivity contribution in [3.8, 4) is 5.75 Å². The average molecular weight is 490 g/mol. The van der Waals surface area contributed by atoms with Crippen LogP contribution in [0.25, 0.3) is 0 Å². The first-order chi connectivity index (χ1) is 16.4. The van der Waals surface area contributed by atoms with Gasteiger partial charge >= 0.3 is 12.1 Å². The maximum Gasteiger partial charge on any atom is 0.407 e. The second-order valence-corrected chi connectivity index (χ2v) is 9.71. The van der Waals surface area contributed by atoms with Crippen LogP contribution in [0.5, 0.6) is 5.75 Å². The Morgan fingerprint density at radius 1 is 1.23 bits per heavy atom. The number of aryl methyl sites for hydroxylation is 3. The number of carbonyl (C=O) groups excluding carboxylic acids is 1. The number of ether oxygens (including phenoxy) is 2. The molecule has 1 amide bonds. The number of aromatic nitrogens is 2. The van der Waals surface area contributed by atoms with Crippen LogP contribution in [0.15, 0.2) is 24.5 Å². The van der Waals surface area contributed by atoms with E-state index in [1.54, 1.807) is 40.3 Å². The summed E-state index contributed by atoms with van der Waals surface area (Å²) in [7, 11) is 1.61. The van der Waals surface area contributed by atoms with Crippen molar-refractivity contribution in [2.24, 2.45) is 0 Å². The van der Waals surface area contributed by atoms with Gasteiger partial charge in [-0.05, 0) is 82.7 Å². The van der Waals surface area contributed by atoms with Crippen LogP contribution >= 0.6 is 0 Å². The predicted octanol–water partition coefficient (Wildman–Crippen LogP) is 3.05. The van der Waals surface area contributed by atoms with Crippen LogP contribution in [0.2, 0.25) is 0 Å². The highest BCUT2D eigenvalue weighted by Crippen LogP contribution is 2.23. The van der Waals surface area contributed by atoms with Crippen molar-refractivity contribution in [1.82, 2.24) is 20.2 Å². The monoisotopic (exact) mass is 489 g/mol. The van der Waals surface area contributed by atoms with Gasteiger partial charge in [-0.3, -0.25) is 4.79 Å². The molecule has 10 heteroatoms. The lowest BCUT2D eigenvalue weighted by atomic mass is 9.95. The summed E-state index contributed by atoms with van der Waals surface area (Å²) in [5, 5.41) is 15.9. The Labute approximate surface area is 207 Å². The molecule has 0 aliphatic heterocycles. The lowest BCUT2D eigenvalue weighted by Crippen LogP contribution is -2.49. The molecule has 0 radical (unpaired) electrons. The molecule has 2 atom stereocenters. The van der Waals surface area contributed by atoms with Crippen molar-refractivity contribution < 1.29 is 24.2 Å². The van der Waals surface area contributed by atoms with Crippen molar-refractivity contribution in [3.63, 3.8) is 0 Å². The molecule has 2 rings (SSSR count).